The van der Waals surface area contributed by atoms with E-state index in [1.807, 2.05) is 62.4 Å². The van der Waals surface area contributed by atoms with Gasteiger partial charge in [0, 0.05) is 29.2 Å². The molecular formula is C32H36ClNO5S2. The van der Waals surface area contributed by atoms with Crippen LogP contribution in [0.5, 0.6) is 5.75 Å². The predicted molar refractivity (Wildman–Crippen MR) is 167 cm³/mol. The molecule has 0 fully saturated rings. The van der Waals surface area contributed by atoms with Crippen molar-refractivity contribution < 1.29 is 22.7 Å². The Kier molecular flexibility index (Phi) is 10.8. The summed E-state index contributed by atoms with van der Waals surface area (Å²) < 4.78 is 41.8. The van der Waals surface area contributed by atoms with Crippen molar-refractivity contribution in [3.63, 3.8) is 0 Å². The Morgan fingerprint density at radius 3 is 2.49 bits per heavy atom. The molecule has 6 nitrogen and oxygen atoms in total. The number of carbonyl (C=O) groups is 1. The lowest BCUT2D eigenvalue weighted by molar-refractivity contribution is -0.143. The summed E-state index contributed by atoms with van der Waals surface area (Å²) in [7, 11) is -3.77. The Morgan fingerprint density at radius 2 is 1.76 bits per heavy atom. The zero-order valence-electron chi connectivity index (χ0n) is 23.7. The second kappa shape index (κ2) is 14.3. The summed E-state index contributed by atoms with van der Waals surface area (Å²) in [4.78, 5) is 11.7. The number of carbonyl (C=O) groups excluding carboxylic acids is 1. The van der Waals surface area contributed by atoms with E-state index in [9.17, 15) is 13.2 Å². The third kappa shape index (κ3) is 8.10. The van der Waals surface area contributed by atoms with E-state index in [0.29, 0.717) is 47.4 Å². The molecular weight excluding hydrogens is 578 g/mol. The number of rotatable bonds is 14. The maximum absolute atomic E-state index is 14.0. The fraction of sp³-hybridized carbons (Fsp3) is 0.344. The van der Waals surface area contributed by atoms with Crippen molar-refractivity contribution >= 4 is 49.0 Å². The second-order valence-corrected chi connectivity index (χ2v) is 13.5. The molecule has 0 atom stereocenters. The van der Waals surface area contributed by atoms with E-state index in [4.69, 9.17) is 21.1 Å². The van der Waals surface area contributed by atoms with Gasteiger partial charge < -0.3 is 9.47 Å². The minimum Gasteiger partial charge on any atom is -0.492 e. The van der Waals surface area contributed by atoms with Gasteiger partial charge in [-0.15, -0.1) is 11.3 Å². The van der Waals surface area contributed by atoms with Crippen LogP contribution in [-0.4, -0.2) is 45.0 Å². The van der Waals surface area contributed by atoms with E-state index in [2.05, 4.69) is 12.1 Å². The smallest absolute Gasteiger partial charge is 0.306 e. The van der Waals surface area contributed by atoms with Gasteiger partial charge in [-0.2, -0.15) is 4.31 Å². The Labute approximate surface area is 251 Å². The molecule has 0 radical (unpaired) electrons. The standard InChI is InChI=1S/C32H36ClNO5S2/c1-4-38-31(35)17-13-26-12-15-28(21-23(26)2)39-20-19-34(18-8-11-25-9-6-5-7-10-25)41(36,37)32-24(3)29-22-27(33)14-16-30(29)40-32/h5-7,9-10,12,14-16,21-22H,4,8,11,13,17-20H2,1-3H3. The number of ether oxygens (including phenoxy) is 2. The summed E-state index contributed by atoms with van der Waals surface area (Å²) in [6.45, 7) is 6.79. The van der Waals surface area contributed by atoms with Crippen molar-refractivity contribution in [2.75, 3.05) is 26.3 Å². The Morgan fingerprint density at radius 1 is 0.976 bits per heavy atom. The summed E-state index contributed by atoms with van der Waals surface area (Å²) in [5.41, 5.74) is 3.96. The molecule has 0 N–H and O–H groups in total. The molecule has 0 spiro atoms. The highest BCUT2D eigenvalue weighted by molar-refractivity contribution is 7.91. The summed E-state index contributed by atoms with van der Waals surface area (Å²) in [5.74, 6) is 0.453. The molecule has 0 aliphatic rings. The fourth-order valence-corrected chi connectivity index (χ4v) is 8.28. The highest BCUT2D eigenvalue weighted by Gasteiger charge is 2.29. The Balaban J connectivity index is 1.47. The van der Waals surface area contributed by atoms with Crippen molar-refractivity contribution in [2.45, 2.75) is 50.7 Å². The van der Waals surface area contributed by atoms with Crippen LogP contribution in [0.4, 0.5) is 0 Å². The molecule has 1 aromatic heterocycles. The van der Waals surface area contributed by atoms with Gasteiger partial charge in [0.15, 0.2) is 0 Å². The fourth-order valence-electron chi connectivity index (χ4n) is 4.76. The largest absolute Gasteiger partial charge is 0.492 e. The molecule has 41 heavy (non-hydrogen) atoms. The molecule has 4 rings (SSSR count). The van der Waals surface area contributed by atoms with Crippen LogP contribution in [-0.2, 0) is 32.4 Å². The van der Waals surface area contributed by atoms with Gasteiger partial charge in [-0.05, 0) is 98.0 Å². The van der Waals surface area contributed by atoms with E-state index < -0.39 is 10.0 Å². The van der Waals surface area contributed by atoms with E-state index in [0.717, 1.165) is 33.2 Å². The van der Waals surface area contributed by atoms with Gasteiger partial charge in [0.25, 0.3) is 10.0 Å². The van der Waals surface area contributed by atoms with Crippen molar-refractivity contribution in [1.29, 1.82) is 0 Å². The van der Waals surface area contributed by atoms with Crippen LogP contribution in [0.25, 0.3) is 10.1 Å². The molecule has 1 heterocycles. The number of aryl methyl sites for hydroxylation is 4. The summed E-state index contributed by atoms with van der Waals surface area (Å²) in [6, 6.07) is 21.3. The molecule has 0 amide bonds. The number of nitrogens with zero attached hydrogens (tertiary/aromatic N) is 1. The van der Waals surface area contributed by atoms with Gasteiger partial charge in [0.2, 0.25) is 0 Å². The third-order valence-electron chi connectivity index (χ3n) is 6.97. The van der Waals surface area contributed by atoms with Crippen molar-refractivity contribution in [2.24, 2.45) is 0 Å². The van der Waals surface area contributed by atoms with Crippen LogP contribution in [0.3, 0.4) is 0 Å². The van der Waals surface area contributed by atoms with Crippen LogP contribution in [0, 0.1) is 13.8 Å². The van der Waals surface area contributed by atoms with E-state index >= 15 is 0 Å². The van der Waals surface area contributed by atoms with Crippen LogP contribution in [0.15, 0.2) is 70.9 Å². The summed E-state index contributed by atoms with van der Waals surface area (Å²) >= 11 is 7.48. The molecule has 9 heteroatoms. The number of thiophene rings is 1. The zero-order valence-corrected chi connectivity index (χ0v) is 26.1. The van der Waals surface area contributed by atoms with Gasteiger partial charge in [-0.3, -0.25) is 4.79 Å². The SMILES string of the molecule is CCOC(=O)CCc1ccc(OCCN(CCCc2ccccc2)S(=O)(=O)c2sc3ccc(Cl)cc3c2C)cc1C. The predicted octanol–water partition coefficient (Wildman–Crippen LogP) is 7.37. The van der Waals surface area contributed by atoms with E-state index in [-0.39, 0.29) is 19.1 Å². The maximum atomic E-state index is 14.0. The van der Waals surface area contributed by atoms with Crippen LogP contribution >= 0.6 is 22.9 Å². The lowest BCUT2D eigenvalue weighted by Gasteiger charge is -2.22. The third-order valence-corrected chi connectivity index (χ3v) is 11.0. The Bertz CT molecular complexity index is 1580. The first kappa shape index (κ1) is 31.0. The highest BCUT2D eigenvalue weighted by Crippen LogP contribution is 2.37. The number of halogens is 1. The number of hydrogen-bond acceptors (Lipinski definition) is 6. The van der Waals surface area contributed by atoms with Gasteiger partial charge in [0.05, 0.1) is 6.61 Å². The number of fused-ring (bicyclic) bond motifs is 1. The molecule has 0 aliphatic carbocycles. The summed E-state index contributed by atoms with van der Waals surface area (Å²) in [6.07, 6.45) is 2.39. The minimum absolute atomic E-state index is 0.210. The van der Waals surface area contributed by atoms with Crippen molar-refractivity contribution in [3.8, 4) is 5.75 Å². The first-order valence-electron chi connectivity index (χ1n) is 13.8. The molecule has 3 aromatic carbocycles. The normalized spacial score (nSPS) is 11.7. The Hall–Kier alpha value is -2.91. The highest BCUT2D eigenvalue weighted by atomic mass is 35.5. The topological polar surface area (TPSA) is 72.9 Å². The lowest BCUT2D eigenvalue weighted by Crippen LogP contribution is -2.35. The van der Waals surface area contributed by atoms with Crippen LogP contribution in [0.1, 0.15) is 42.0 Å². The molecule has 4 aromatic rings. The molecule has 0 bridgehead atoms. The van der Waals surface area contributed by atoms with E-state index in [1.54, 1.807) is 13.0 Å². The minimum atomic E-state index is -3.77. The van der Waals surface area contributed by atoms with Gasteiger partial charge in [-0.1, -0.05) is 48.0 Å². The number of sulfonamides is 1. The zero-order chi connectivity index (χ0) is 29.4. The number of benzene rings is 3. The van der Waals surface area contributed by atoms with Crippen molar-refractivity contribution in [1.82, 2.24) is 4.31 Å². The lowest BCUT2D eigenvalue weighted by atomic mass is 10.0. The first-order chi connectivity index (χ1) is 19.7. The van der Waals surface area contributed by atoms with Gasteiger partial charge >= 0.3 is 5.97 Å². The monoisotopic (exact) mass is 613 g/mol. The van der Waals surface area contributed by atoms with Gasteiger partial charge in [-0.25, -0.2) is 8.42 Å². The van der Waals surface area contributed by atoms with E-state index in [1.165, 1.54) is 21.2 Å². The van der Waals surface area contributed by atoms with Crippen molar-refractivity contribution in [3.05, 3.63) is 94.0 Å². The van der Waals surface area contributed by atoms with Crippen LogP contribution < -0.4 is 4.74 Å². The molecule has 218 valence electrons. The number of hydrogen-bond donors (Lipinski definition) is 0. The summed E-state index contributed by atoms with van der Waals surface area (Å²) in [5, 5.41) is 1.44. The molecule has 0 unspecified atom stereocenters. The first-order valence-corrected chi connectivity index (χ1v) is 16.4. The average molecular weight is 614 g/mol. The maximum Gasteiger partial charge on any atom is 0.306 e. The molecule has 0 aliphatic heterocycles. The quantitative estimate of drug-likeness (QED) is 0.139. The van der Waals surface area contributed by atoms with Crippen LogP contribution in [0.2, 0.25) is 5.02 Å². The second-order valence-electron chi connectivity index (χ2n) is 9.89. The number of esters is 1. The molecule has 0 saturated carbocycles. The van der Waals surface area contributed by atoms with Gasteiger partial charge in [0.1, 0.15) is 16.6 Å². The molecule has 0 saturated heterocycles. The average Bonchev–Trinajstić information content (AvgIpc) is 3.28.